The summed E-state index contributed by atoms with van der Waals surface area (Å²) >= 11 is 3.15. The highest BCUT2D eigenvalue weighted by Crippen LogP contribution is 2.05. The van der Waals surface area contributed by atoms with Crippen molar-refractivity contribution in [2.45, 2.75) is 32.5 Å². The Labute approximate surface area is 88.5 Å². The van der Waals surface area contributed by atoms with Crippen LogP contribution in [-0.4, -0.2) is 42.0 Å². The second-order valence-electron chi connectivity index (χ2n) is 3.84. The predicted molar refractivity (Wildman–Crippen MR) is 56.3 cm³/mol. The van der Waals surface area contributed by atoms with Crippen LogP contribution in [0.1, 0.15) is 20.8 Å². The molecule has 13 heavy (non-hydrogen) atoms. The first kappa shape index (κ1) is 13.4. The van der Waals surface area contributed by atoms with Crippen molar-refractivity contribution in [3.05, 3.63) is 0 Å². The van der Waals surface area contributed by atoms with Gasteiger partial charge in [-0.05, 0) is 20.8 Å². The minimum Gasteiger partial charge on any atom is -0.390 e. The van der Waals surface area contributed by atoms with Crippen LogP contribution in [0.5, 0.6) is 0 Å². The van der Waals surface area contributed by atoms with E-state index in [-0.39, 0.29) is 5.60 Å². The van der Waals surface area contributed by atoms with Gasteiger partial charge in [-0.1, -0.05) is 15.9 Å². The maximum atomic E-state index is 9.10. The van der Waals surface area contributed by atoms with Gasteiger partial charge in [-0.15, -0.1) is 0 Å². The summed E-state index contributed by atoms with van der Waals surface area (Å²) in [4.78, 5) is 0. The summed E-state index contributed by atoms with van der Waals surface area (Å²) in [5.74, 6) is 0. The lowest BCUT2D eigenvalue weighted by Crippen LogP contribution is -2.23. The average Bonchev–Trinajstić information content (AvgIpc) is 2.01. The second-order valence-corrected chi connectivity index (χ2v) is 4.49. The molecule has 0 bridgehead atoms. The molecule has 0 rings (SSSR count). The molecule has 0 aliphatic rings. The fourth-order valence-electron chi connectivity index (χ4n) is 0.671. The third-order valence-electron chi connectivity index (χ3n) is 1.25. The third-order valence-corrected chi connectivity index (χ3v) is 2.00. The topological polar surface area (TPSA) is 38.7 Å². The molecule has 4 heteroatoms. The quantitative estimate of drug-likeness (QED) is 0.578. The molecule has 0 aromatic carbocycles. The summed E-state index contributed by atoms with van der Waals surface area (Å²) < 4.78 is 10.6. The highest BCUT2D eigenvalue weighted by Gasteiger charge is 2.09. The Balaban J connectivity index is 3.18. The van der Waals surface area contributed by atoms with E-state index in [1.54, 1.807) is 0 Å². The summed E-state index contributed by atoms with van der Waals surface area (Å²) in [5.41, 5.74) is -0.114. The van der Waals surface area contributed by atoms with Crippen molar-refractivity contribution in [3.63, 3.8) is 0 Å². The lowest BCUT2D eigenvalue weighted by atomic mass is 10.2. The van der Waals surface area contributed by atoms with Crippen molar-refractivity contribution in [1.29, 1.82) is 0 Å². The molecule has 0 aromatic rings. The Morgan fingerprint density at radius 1 is 1.31 bits per heavy atom. The van der Waals surface area contributed by atoms with Crippen molar-refractivity contribution in [2.24, 2.45) is 0 Å². The molecule has 0 saturated heterocycles. The maximum Gasteiger partial charge on any atom is 0.0870 e. The molecule has 0 aliphatic heterocycles. The van der Waals surface area contributed by atoms with Crippen LogP contribution in [0.15, 0.2) is 0 Å². The molecule has 1 unspecified atom stereocenters. The molecule has 80 valence electrons. The van der Waals surface area contributed by atoms with Crippen molar-refractivity contribution >= 4 is 15.9 Å². The first-order valence-electron chi connectivity index (χ1n) is 4.41. The number of halogens is 1. The van der Waals surface area contributed by atoms with E-state index in [9.17, 15) is 0 Å². The van der Waals surface area contributed by atoms with Crippen molar-refractivity contribution in [3.8, 4) is 0 Å². The van der Waals surface area contributed by atoms with Gasteiger partial charge in [-0.3, -0.25) is 0 Å². The number of hydrogen-bond acceptors (Lipinski definition) is 3. The molecular formula is C9H19BrO3. The number of aliphatic hydroxyl groups is 1. The molecule has 0 radical (unpaired) electrons. The molecular weight excluding hydrogens is 236 g/mol. The fraction of sp³-hybridized carbons (Fsp3) is 1.00. The van der Waals surface area contributed by atoms with Crippen LogP contribution in [0.2, 0.25) is 0 Å². The largest absolute Gasteiger partial charge is 0.390 e. The van der Waals surface area contributed by atoms with Gasteiger partial charge in [0.15, 0.2) is 0 Å². The highest BCUT2D eigenvalue weighted by atomic mass is 79.9. The molecule has 0 saturated carbocycles. The van der Waals surface area contributed by atoms with E-state index in [2.05, 4.69) is 15.9 Å². The molecule has 0 fully saturated rings. The van der Waals surface area contributed by atoms with Gasteiger partial charge in [0.25, 0.3) is 0 Å². The van der Waals surface area contributed by atoms with Gasteiger partial charge in [0, 0.05) is 5.33 Å². The van der Waals surface area contributed by atoms with Crippen LogP contribution in [0, 0.1) is 0 Å². The minimum absolute atomic E-state index is 0.114. The van der Waals surface area contributed by atoms with Crippen LogP contribution in [-0.2, 0) is 9.47 Å². The minimum atomic E-state index is -0.422. The lowest BCUT2D eigenvalue weighted by Gasteiger charge is -2.19. The zero-order chi connectivity index (χ0) is 10.3. The second kappa shape index (κ2) is 6.76. The van der Waals surface area contributed by atoms with E-state index in [1.165, 1.54) is 0 Å². The summed E-state index contributed by atoms with van der Waals surface area (Å²) in [5, 5.41) is 9.65. The van der Waals surface area contributed by atoms with Crippen molar-refractivity contribution in [1.82, 2.24) is 0 Å². The lowest BCUT2D eigenvalue weighted by molar-refractivity contribution is -0.0449. The van der Waals surface area contributed by atoms with Crippen LogP contribution in [0.25, 0.3) is 0 Å². The van der Waals surface area contributed by atoms with E-state index >= 15 is 0 Å². The van der Waals surface area contributed by atoms with Crippen molar-refractivity contribution in [2.75, 3.05) is 25.2 Å². The standard InChI is InChI=1S/C9H19BrO3/c1-9(2,3)13-5-4-12-7-8(11)6-10/h8,11H,4-7H2,1-3H3. The summed E-state index contributed by atoms with van der Waals surface area (Å²) in [6.45, 7) is 7.46. The molecule has 1 atom stereocenters. The molecule has 0 amide bonds. The molecule has 0 aliphatic carbocycles. The van der Waals surface area contributed by atoms with Gasteiger partial charge >= 0.3 is 0 Å². The highest BCUT2D eigenvalue weighted by molar-refractivity contribution is 9.09. The predicted octanol–water partition coefficient (Wildman–Crippen LogP) is 1.57. The molecule has 0 heterocycles. The van der Waals surface area contributed by atoms with E-state index in [4.69, 9.17) is 14.6 Å². The Hall–Kier alpha value is 0.360. The van der Waals surface area contributed by atoms with E-state index in [0.717, 1.165) is 0 Å². The van der Waals surface area contributed by atoms with E-state index < -0.39 is 6.10 Å². The van der Waals surface area contributed by atoms with E-state index in [1.807, 2.05) is 20.8 Å². The number of alkyl halides is 1. The van der Waals surface area contributed by atoms with Crippen molar-refractivity contribution < 1.29 is 14.6 Å². The SMILES string of the molecule is CC(C)(C)OCCOCC(O)CBr. The Kier molecular flexibility index (Phi) is 6.95. The van der Waals surface area contributed by atoms with E-state index in [0.29, 0.717) is 25.2 Å². The van der Waals surface area contributed by atoms with Gasteiger partial charge in [0.1, 0.15) is 0 Å². The summed E-state index contributed by atoms with van der Waals surface area (Å²) in [7, 11) is 0. The Morgan fingerprint density at radius 3 is 2.38 bits per heavy atom. The van der Waals surface area contributed by atoms with Gasteiger partial charge in [-0.2, -0.15) is 0 Å². The fourth-order valence-corrected chi connectivity index (χ4v) is 0.858. The van der Waals surface area contributed by atoms with Crippen LogP contribution < -0.4 is 0 Å². The molecule has 0 spiro atoms. The normalized spacial score (nSPS) is 14.5. The van der Waals surface area contributed by atoms with Crippen LogP contribution in [0.4, 0.5) is 0 Å². The monoisotopic (exact) mass is 254 g/mol. The van der Waals surface area contributed by atoms with Crippen LogP contribution in [0.3, 0.4) is 0 Å². The summed E-state index contributed by atoms with van der Waals surface area (Å²) in [6.07, 6.45) is -0.422. The maximum absolute atomic E-state index is 9.10. The average molecular weight is 255 g/mol. The first-order valence-corrected chi connectivity index (χ1v) is 5.53. The Morgan fingerprint density at radius 2 is 1.92 bits per heavy atom. The third kappa shape index (κ3) is 10.3. The summed E-state index contributed by atoms with van der Waals surface area (Å²) in [6, 6.07) is 0. The van der Waals surface area contributed by atoms with Gasteiger partial charge in [-0.25, -0.2) is 0 Å². The number of rotatable bonds is 6. The zero-order valence-electron chi connectivity index (χ0n) is 8.55. The van der Waals surface area contributed by atoms with Crippen LogP contribution >= 0.6 is 15.9 Å². The number of ether oxygens (including phenoxy) is 2. The van der Waals surface area contributed by atoms with Gasteiger partial charge in [0.05, 0.1) is 31.5 Å². The zero-order valence-corrected chi connectivity index (χ0v) is 10.1. The Bertz CT molecular complexity index is 123. The van der Waals surface area contributed by atoms with Gasteiger partial charge in [0.2, 0.25) is 0 Å². The molecule has 3 nitrogen and oxygen atoms in total. The number of aliphatic hydroxyl groups excluding tert-OH is 1. The number of hydrogen-bond donors (Lipinski definition) is 1. The smallest absolute Gasteiger partial charge is 0.0870 e. The molecule has 1 N–H and O–H groups in total. The molecule has 0 aromatic heterocycles. The first-order chi connectivity index (χ1) is 5.95. The van der Waals surface area contributed by atoms with Gasteiger partial charge < -0.3 is 14.6 Å².